The van der Waals surface area contributed by atoms with Crippen LogP contribution in [0.3, 0.4) is 0 Å². The molecule has 0 fully saturated rings. The number of nitrogens with two attached hydrogens (primary N) is 1. The van der Waals surface area contributed by atoms with Crippen molar-refractivity contribution in [2.45, 2.75) is 13.3 Å². The number of aromatic nitrogens is 2. The lowest BCUT2D eigenvalue weighted by atomic mass is 10.2. The number of hydrogen-bond donors (Lipinski definition) is 2. The van der Waals surface area contributed by atoms with Crippen molar-refractivity contribution < 1.29 is 4.74 Å². The van der Waals surface area contributed by atoms with Crippen LogP contribution in [0.5, 0.6) is 5.75 Å². The molecule has 1 heterocycles. The first-order valence-electron chi connectivity index (χ1n) is 5.09. The average molecular weight is 218 g/mol. The molecule has 0 amide bonds. The minimum Gasteiger partial charge on any atom is -0.497 e. The van der Waals surface area contributed by atoms with Crippen LogP contribution in [-0.2, 0) is 6.42 Å². The molecule has 0 atom stereocenters. The van der Waals surface area contributed by atoms with Crippen molar-refractivity contribution in [1.82, 2.24) is 9.97 Å². The third-order valence-corrected chi connectivity index (χ3v) is 2.40. The topological polar surface area (TPSA) is 73.1 Å². The van der Waals surface area contributed by atoms with E-state index in [4.69, 9.17) is 10.6 Å². The van der Waals surface area contributed by atoms with Crippen molar-refractivity contribution in [1.29, 1.82) is 0 Å². The highest BCUT2D eigenvalue weighted by Crippen LogP contribution is 2.24. The molecular formula is C11H14N4O. The van der Waals surface area contributed by atoms with Crippen molar-refractivity contribution in [3.8, 4) is 5.75 Å². The minimum atomic E-state index is 0.643. The second-order valence-corrected chi connectivity index (χ2v) is 3.37. The van der Waals surface area contributed by atoms with E-state index in [1.165, 1.54) is 0 Å². The van der Waals surface area contributed by atoms with Gasteiger partial charge in [-0.2, -0.15) is 0 Å². The van der Waals surface area contributed by atoms with Gasteiger partial charge < -0.3 is 10.2 Å². The summed E-state index contributed by atoms with van der Waals surface area (Å²) in [5.74, 6) is 7.61. The van der Waals surface area contributed by atoms with Gasteiger partial charge in [-0.15, -0.1) is 0 Å². The zero-order valence-corrected chi connectivity index (χ0v) is 9.32. The maximum Gasteiger partial charge on any atom is 0.151 e. The summed E-state index contributed by atoms with van der Waals surface area (Å²) in [6.07, 6.45) is 0.766. The Morgan fingerprint density at radius 2 is 2.19 bits per heavy atom. The Kier molecular flexibility index (Phi) is 2.87. The Hall–Kier alpha value is -1.88. The summed E-state index contributed by atoms with van der Waals surface area (Å²) in [5.41, 5.74) is 3.42. The number of benzene rings is 1. The number of hydrogen-bond acceptors (Lipinski definition) is 5. The van der Waals surface area contributed by atoms with Crippen molar-refractivity contribution in [2.75, 3.05) is 12.5 Å². The summed E-state index contributed by atoms with van der Waals surface area (Å²) < 4.78 is 5.16. The summed E-state index contributed by atoms with van der Waals surface area (Å²) in [6.45, 7) is 2.00. The minimum absolute atomic E-state index is 0.643. The molecule has 2 aromatic rings. The van der Waals surface area contributed by atoms with Crippen LogP contribution < -0.4 is 16.0 Å². The molecule has 1 aromatic heterocycles. The second kappa shape index (κ2) is 4.32. The average Bonchev–Trinajstić information content (AvgIpc) is 2.36. The lowest BCUT2D eigenvalue weighted by molar-refractivity contribution is 0.415. The molecule has 0 radical (unpaired) electrons. The van der Waals surface area contributed by atoms with Crippen LogP contribution in [0.25, 0.3) is 10.9 Å². The van der Waals surface area contributed by atoms with Crippen LogP contribution in [0, 0.1) is 0 Å². The zero-order valence-electron chi connectivity index (χ0n) is 9.32. The van der Waals surface area contributed by atoms with Crippen molar-refractivity contribution >= 4 is 16.7 Å². The molecule has 0 saturated carbocycles. The van der Waals surface area contributed by atoms with Gasteiger partial charge in [-0.05, 0) is 12.1 Å². The molecule has 0 bridgehead atoms. The van der Waals surface area contributed by atoms with Crippen LogP contribution >= 0.6 is 0 Å². The molecule has 1 aromatic carbocycles. The molecule has 16 heavy (non-hydrogen) atoms. The van der Waals surface area contributed by atoms with E-state index >= 15 is 0 Å². The number of methoxy groups -OCH3 is 1. The summed E-state index contributed by atoms with van der Waals surface area (Å²) in [5, 5.41) is 0.889. The molecule has 0 saturated heterocycles. The third kappa shape index (κ3) is 1.77. The van der Waals surface area contributed by atoms with Crippen LogP contribution in [-0.4, -0.2) is 17.1 Å². The molecule has 0 spiro atoms. The fraction of sp³-hybridized carbons (Fsp3) is 0.273. The smallest absolute Gasteiger partial charge is 0.151 e. The maximum atomic E-state index is 5.44. The van der Waals surface area contributed by atoms with Crippen molar-refractivity contribution in [2.24, 2.45) is 5.84 Å². The SMILES string of the molecule is CCc1nc(NN)c2ccc(OC)cc2n1. The van der Waals surface area contributed by atoms with Crippen LogP contribution in [0.4, 0.5) is 5.82 Å². The first-order chi connectivity index (χ1) is 7.78. The summed E-state index contributed by atoms with van der Waals surface area (Å²) in [6, 6.07) is 5.62. The van der Waals surface area contributed by atoms with Gasteiger partial charge in [0, 0.05) is 17.9 Å². The number of rotatable bonds is 3. The van der Waals surface area contributed by atoms with E-state index in [1.807, 2.05) is 25.1 Å². The Balaban J connectivity index is 2.68. The Morgan fingerprint density at radius 3 is 2.81 bits per heavy atom. The zero-order chi connectivity index (χ0) is 11.5. The highest BCUT2D eigenvalue weighted by molar-refractivity contribution is 5.89. The molecule has 5 nitrogen and oxygen atoms in total. The first-order valence-corrected chi connectivity index (χ1v) is 5.09. The number of aryl methyl sites for hydroxylation is 1. The van der Waals surface area contributed by atoms with E-state index in [9.17, 15) is 0 Å². The Labute approximate surface area is 93.6 Å². The largest absolute Gasteiger partial charge is 0.497 e. The van der Waals surface area contributed by atoms with Gasteiger partial charge in [0.25, 0.3) is 0 Å². The highest BCUT2D eigenvalue weighted by atomic mass is 16.5. The van der Waals surface area contributed by atoms with E-state index < -0.39 is 0 Å². The van der Waals surface area contributed by atoms with Gasteiger partial charge in [-0.1, -0.05) is 6.92 Å². The molecule has 3 N–H and O–H groups in total. The number of fused-ring (bicyclic) bond motifs is 1. The standard InChI is InChI=1S/C11H14N4O/c1-3-10-13-9-6-7(16-2)4-5-8(9)11(14-10)15-12/h4-6H,3,12H2,1-2H3,(H,13,14,15). The second-order valence-electron chi connectivity index (χ2n) is 3.37. The van der Waals surface area contributed by atoms with Crippen molar-refractivity contribution in [3.63, 3.8) is 0 Å². The van der Waals surface area contributed by atoms with Gasteiger partial charge in [0.1, 0.15) is 11.6 Å². The number of hydrazine groups is 1. The van der Waals surface area contributed by atoms with Gasteiger partial charge in [0.15, 0.2) is 5.82 Å². The van der Waals surface area contributed by atoms with Crippen molar-refractivity contribution in [3.05, 3.63) is 24.0 Å². The summed E-state index contributed by atoms with van der Waals surface area (Å²) in [4.78, 5) is 8.73. The molecule has 0 aliphatic rings. The molecule has 84 valence electrons. The van der Waals surface area contributed by atoms with Gasteiger partial charge in [0.2, 0.25) is 0 Å². The van der Waals surface area contributed by atoms with Crippen LogP contribution in [0.2, 0.25) is 0 Å². The fourth-order valence-electron chi connectivity index (χ4n) is 1.55. The van der Waals surface area contributed by atoms with E-state index in [0.29, 0.717) is 5.82 Å². The highest BCUT2D eigenvalue weighted by Gasteiger charge is 2.06. The first kappa shape index (κ1) is 10.6. The number of nitrogen functional groups attached to an aromatic ring is 1. The quantitative estimate of drug-likeness (QED) is 0.603. The normalized spacial score (nSPS) is 10.4. The molecule has 2 rings (SSSR count). The van der Waals surface area contributed by atoms with E-state index in [1.54, 1.807) is 7.11 Å². The van der Waals surface area contributed by atoms with Crippen LogP contribution in [0.1, 0.15) is 12.7 Å². The molecule has 0 unspecified atom stereocenters. The van der Waals surface area contributed by atoms with Gasteiger partial charge in [-0.3, -0.25) is 0 Å². The van der Waals surface area contributed by atoms with Gasteiger partial charge in [-0.25, -0.2) is 15.8 Å². The number of nitrogens with one attached hydrogen (secondary N) is 1. The molecular weight excluding hydrogens is 204 g/mol. The lowest BCUT2D eigenvalue weighted by Gasteiger charge is -2.08. The third-order valence-electron chi connectivity index (χ3n) is 2.40. The van der Waals surface area contributed by atoms with E-state index in [-0.39, 0.29) is 0 Å². The number of nitrogens with zero attached hydrogens (tertiary/aromatic N) is 2. The molecule has 0 aliphatic heterocycles. The number of anilines is 1. The monoisotopic (exact) mass is 218 g/mol. The number of ether oxygens (including phenoxy) is 1. The van der Waals surface area contributed by atoms with E-state index in [0.717, 1.165) is 28.9 Å². The Bertz CT molecular complexity index is 507. The predicted molar refractivity (Wildman–Crippen MR) is 63.3 cm³/mol. The van der Waals surface area contributed by atoms with Gasteiger partial charge >= 0.3 is 0 Å². The Morgan fingerprint density at radius 1 is 1.38 bits per heavy atom. The fourth-order valence-corrected chi connectivity index (χ4v) is 1.55. The maximum absolute atomic E-state index is 5.44. The molecule has 5 heteroatoms. The summed E-state index contributed by atoms with van der Waals surface area (Å²) >= 11 is 0. The van der Waals surface area contributed by atoms with Crippen LogP contribution in [0.15, 0.2) is 18.2 Å². The van der Waals surface area contributed by atoms with E-state index in [2.05, 4.69) is 15.4 Å². The predicted octanol–water partition coefficient (Wildman–Crippen LogP) is 1.49. The molecule has 0 aliphatic carbocycles. The summed E-state index contributed by atoms with van der Waals surface area (Å²) in [7, 11) is 1.63. The van der Waals surface area contributed by atoms with Gasteiger partial charge in [0.05, 0.1) is 12.6 Å². The lowest BCUT2D eigenvalue weighted by Crippen LogP contribution is -2.11.